The summed E-state index contributed by atoms with van der Waals surface area (Å²) in [6, 6.07) is 73.0. The summed E-state index contributed by atoms with van der Waals surface area (Å²) in [4.78, 5) is 2.34. The molecular formula is C53H33NO. The summed E-state index contributed by atoms with van der Waals surface area (Å²) in [6.07, 6.45) is 0. The van der Waals surface area contributed by atoms with E-state index in [1.54, 1.807) is 0 Å². The average molecular weight is 700 g/mol. The smallest absolute Gasteiger partial charge is 0.143 e. The van der Waals surface area contributed by atoms with Gasteiger partial charge in [-0.1, -0.05) is 152 Å². The Labute approximate surface area is 319 Å². The molecule has 0 amide bonds. The third-order valence-electron chi connectivity index (χ3n) is 12.1. The Morgan fingerprint density at radius 2 is 0.891 bits per heavy atom. The van der Waals surface area contributed by atoms with Crippen LogP contribution in [0.15, 0.2) is 205 Å². The Balaban J connectivity index is 1.13. The Bertz CT molecular complexity index is 3070. The number of para-hydroxylation sites is 2. The van der Waals surface area contributed by atoms with Gasteiger partial charge >= 0.3 is 0 Å². The molecule has 1 aromatic heterocycles. The lowest BCUT2D eigenvalue weighted by molar-refractivity contribution is 0.672. The van der Waals surface area contributed by atoms with E-state index < -0.39 is 0 Å². The van der Waals surface area contributed by atoms with E-state index in [9.17, 15) is 0 Å². The molecule has 0 radical (unpaired) electrons. The van der Waals surface area contributed by atoms with Crippen molar-refractivity contribution in [2.75, 3.05) is 4.90 Å². The number of nitrogens with zero attached hydrogens (tertiary/aromatic N) is 1. The van der Waals surface area contributed by atoms with E-state index in [1.165, 1.54) is 61.0 Å². The van der Waals surface area contributed by atoms with Crippen molar-refractivity contribution in [1.82, 2.24) is 0 Å². The van der Waals surface area contributed by atoms with E-state index in [0.717, 1.165) is 44.4 Å². The van der Waals surface area contributed by atoms with Crippen LogP contribution in [0, 0.1) is 0 Å². The third kappa shape index (κ3) is 4.08. The highest BCUT2D eigenvalue weighted by molar-refractivity contribution is 6.22. The molecule has 9 aromatic carbocycles. The van der Waals surface area contributed by atoms with Crippen molar-refractivity contribution in [2.45, 2.75) is 5.41 Å². The van der Waals surface area contributed by atoms with Crippen LogP contribution < -0.4 is 4.90 Å². The quantitative estimate of drug-likeness (QED) is 0.182. The summed E-state index contributed by atoms with van der Waals surface area (Å²) in [5, 5.41) is 4.49. The van der Waals surface area contributed by atoms with Crippen LogP contribution in [-0.2, 0) is 5.41 Å². The minimum absolute atomic E-state index is 0.363. The molecule has 2 nitrogen and oxygen atoms in total. The lowest BCUT2D eigenvalue weighted by Gasteiger charge is -2.30. The first kappa shape index (κ1) is 30.3. The predicted octanol–water partition coefficient (Wildman–Crippen LogP) is 14.2. The lowest BCUT2D eigenvalue weighted by atomic mass is 9.70. The van der Waals surface area contributed by atoms with Gasteiger partial charge in [-0.3, -0.25) is 0 Å². The maximum absolute atomic E-state index is 6.84. The van der Waals surface area contributed by atoms with Crippen molar-refractivity contribution < 1.29 is 4.42 Å². The molecule has 1 spiro atoms. The van der Waals surface area contributed by atoms with E-state index in [0.29, 0.717) is 0 Å². The van der Waals surface area contributed by atoms with Gasteiger partial charge in [-0.25, -0.2) is 0 Å². The standard InChI is InChI=1S/C53H33NO/c1-3-16-35(17-4-1)54(36-18-5-2-6-19-36)49-28-15-29-50-51(49)44-33-42(37-20-7-8-24-41(37)52(44)55-50)34-30-31-48-43(32-34)40-23-11-14-27-47(40)53(48)45-25-12-9-21-38(45)39-22-10-13-26-46(39)53/h1-33H. The maximum Gasteiger partial charge on any atom is 0.143 e. The van der Waals surface area contributed by atoms with Crippen LogP contribution in [0.25, 0.3) is 66.1 Å². The van der Waals surface area contributed by atoms with E-state index >= 15 is 0 Å². The molecule has 2 aliphatic rings. The molecule has 55 heavy (non-hydrogen) atoms. The van der Waals surface area contributed by atoms with Gasteiger partial charge in [0.1, 0.15) is 11.2 Å². The van der Waals surface area contributed by atoms with E-state index in [-0.39, 0.29) is 5.41 Å². The van der Waals surface area contributed by atoms with Gasteiger partial charge in [0.05, 0.1) is 16.5 Å². The zero-order chi connectivity index (χ0) is 36.1. The number of rotatable bonds is 4. The lowest BCUT2D eigenvalue weighted by Crippen LogP contribution is -2.25. The molecule has 2 heteroatoms. The molecule has 256 valence electrons. The second-order valence-corrected chi connectivity index (χ2v) is 14.8. The van der Waals surface area contributed by atoms with Crippen LogP contribution in [0.4, 0.5) is 17.1 Å². The maximum atomic E-state index is 6.84. The zero-order valence-electron chi connectivity index (χ0n) is 29.9. The first-order valence-electron chi connectivity index (χ1n) is 19.0. The molecule has 0 aliphatic heterocycles. The number of hydrogen-bond donors (Lipinski definition) is 0. The Kier molecular flexibility index (Phi) is 6.29. The molecular weight excluding hydrogens is 667 g/mol. The minimum atomic E-state index is -0.363. The summed E-state index contributed by atoms with van der Waals surface area (Å²) in [6.45, 7) is 0. The summed E-state index contributed by atoms with van der Waals surface area (Å²) in [5.74, 6) is 0. The Morgan fingerprint density at radius 3 is 1.53 bits per heavy atom. The summed E-state index contributed by atoms with van der Waals surface area (Å²) < 4.78 is 6.84. The van der Waals surface area contributed by atoms with Gasteiger partial charge in [0.25, 0.3) is 0 Å². The first-order chi connectivity index (χ1) is 27.3. The highest BCUT2D eigenvalue weighted by atomic mass is 16.3. The van der Waals surface area contributed by atoms with Gasteiger partial charge in [0, 0.05) is 22.1 Å². The average Bonchev–Trinajstić information content (AvgIpc) is 3.89. The predicted molar refractivity (Wildman–Crippen MR) is 228 cm³/mol. The molecule has 1 heterocycles. The molecule has 0 atom stereocenters. The van der Waals surface area contributed by atoms with Crippen LogP contribution in [-0.4, -0.2) is 0 Å². The van der Waals surface area contributed by atoms with Crippen LogP contribution in [0.5, 0.6) is 0 Å². The van der Waals surface area contributed by atoms with E-state index in [1.807, 2.05) is 0 Å². The van der Waals surface area contributed by atoms with Crippen LogP contribution in [0.1, 0.15) is 22.3 Å². The van der Waals surface area contributed by atoms with E-state index in [2.05, 4.69) is 205 Å². The fourth-order valence-electron chi connectivity index (χ4n) is 9.90. The number of fused-ring (bicyclic) bond motifs is 15. The fraction of sp³-hybridized carbons (Fsp3) is 0.0189. The highest BCUT2D eigenvalue weighted by Gasteiger charge is 2.51. The van der Waals surface area contributed by atoms with Crippen molar-refractivity contribution in [3.63, 3.8) is 0 Å². The van der Waals surface area contributed by atoms with Gasteiger partial charge in [-0.15, -0.1) is 0 Å². The number of anilines is 3. The molecule has 2 aliphatic carbocycles. The fourth-order valence-corrected chi connectivity index (χ4v) is 9.90. The number of benzene rings is 9. The van der Waals surface area contributed by atoms with Gasteiger partial charge in [0.2, 0.25) is 0 Å². The Morgan fingerprint density at radius 1 is 0.364 bits per heavy atom. The minimum Gasteiger partial charge on any atom is -0.455 e. The molecule has 0 bridgehead atoms. The summed E-state index contributed by atoms with van der Waals surface area (Å²) in [7, 11) is 0. The van der Waals surface area contributed by atoms with Gasteiger partial charge < -0.3 is 9.32 Å². The molecule has 0 N–H and O–H groups in total. The van der Waals surface area contributed by atoms with Crippen molar-refractivity contribution in [1.29, 1.82) is 0 Å². The Hall–Kier alpha value is -7.16. The molecule has 0 saturated heterocycles. The number of furan rings is 1. The number of hydrogen-bond acceptors (Lipinski definition) is 2. The van der Waals surface area contributed by atoms with Crippen molar-refractivity contribution in [3.8, 4) is 33.4 Å². The largest absolute Gasteiger partial charge is 0.455 e. The molecule has 0 unspecified atom stereocenters. The van der Waals surface area contributed by atoms with Crippen molar-refractivity contribution in [3.05, 3.63) is 222 Å². The van der Waals surface area contributed by atoms with Crippen molar-refractivity contribution >= 4 is 49.8 Å². The summed E-state index contributed by atoms with van der Waals surface area (Å²) in [5.41, 5.74) is 17.7. The third-order valence-corrected chi connectivity index (χ3v) is 12.1. The second-order valence-electron chi connectivity index (χ2n) is 14.8. The van der Waals surface area contributed by atoms with Crippen molar-refractivity contribution in [2.24, 2.45) is 0 Å². The van der Waals surface area contributed by atoms with Gasteiger partial charge in [-0.2, -0.15) is 0 Å². The van der Waals surface area contributed by atoms with E-state index in [4.69, 9.17) is 4.42 Å². The van der Waals surface area contributed by atoms with Gasteiger partial charge in [-0.05, 0) is 110 Å². The molecule has 10 aromatic rings. The highest BCUT2D eigenvalue weighted by Crippen LogP contribution is 2.63. The van der Waals surface area contributed by atoms with Crippen LogP contribution in [0.2, 0.25) is 0 Å². The zero-order valence-corrected chi connectivity index (χ0v) is 29.9. The van der Waals surface area contributed by atoms with Gasteiger partial charge in [0.15, 0.2) is 0 Å². The van der Waals surface area contributed by atoms with Crippen LogP contribution in [0.3, 0.4) is 0 Å². The molecule has 12 rings (SSSR count). The molecule has 0 fully saturated rings. The first-order valence-corrected chi connectivity index (χ1v) is 19.0. The SMILES string of the molecule is c1ccc(N(c2ccccc2)c2cccc3oc4c5ccccc5c(-c5ccc6c(c5)-c5ccccc5C65c6ccccc6-c6ccccc65)cc4c23)cc1. The topological polar surface area (TPSA) is 16.4 Å². The second kappa shape index (κ2) is 11.4. The van der Waals surface area contributed by atoms with Crippen LogP contribution >= 0.6 is 0 Å². The summed E-state index contributed by atoms with van der Waals surface area (Å²) >= 11 is 0. The normalized spacial score (nSPS) is 13.2. The monoisotopic (exact) mass is 699 g/mol. The molecule has 0 saturated carbocycles.